The number of rotatable bonds is 12. The Morgan fingerprint density at radius 1 is 1.09 bits per heavy atom. The first-order valence-corrected chi connectivity index (χ1v) is 13.9. The van der Waals surface area contributed by atoms with Crippen LogP contribution >= 0.6 is 0 Å². The second-order valence-corrected chi connectivity index (χ2v) is 13.6. The number of nitrogens with zero attached hydrogens (tertiary/aromatic N) is 1. The molecule has 0 saturated carbocycles. The van der Waals surface area contributed by atoms with Crippen molar-refractivity contribution in [2.45, 2.75) is 129 Å². The third-order valence-corrected chi connectivity index (χ3v) is 8.53. The lowest BCUT2D eigenvalue weighted by Gasteiger charge is -2.36. The van der Waals surface area contributed by atoms with Gasteiger partial charge in [0.1, 0.15) is 10.5 Å². The Morgan fingerprint density at radius 2 is 1.62 bits per heavy atom. The fourth-order valence-corrected chi connectivity index (χ4v) is 5.75. The molecule has 0 unspecified atom stereocenters. The molecule has 0 spiro atoms. The topological polar surface area (TPSA) is 83.9 Å². The minimum Gasteiger partial charge on any atom is -0.444 e. The molecule has 1 aliphatic heterocycles. The molecule has 7 heteroatoms. The summed E-state index contributed by atoms with van der Waals surface area (Å²) in [6, 6.07) is -0.855. The number of unbranched alkanes of at least 4 members (excludes halogenated alkanes) is 7. The Balaban J connectivity index is 2.51. The number of carbonyl (C=O) groups is 1. The van der Waals surface area contributed by atoms with Gasteiger partial charge in [0.05, 0.1) is 17.9 Å². The van der Waals surface area contributed by atoms with Crippen LogP contribution in [0.4, 0.5) is 4.79 Å². The third kappa shape index (κ3) is 9.05. The number of ether oxygens (including phenoxy) is 1. The largest absolute Gasteiger partial charge is 0.444 e. The second kappa shape index (κ2) is 12.4. The first kappa shape index (κ1) is 29.0. The van der Waals surface area contributed by atoms with Crippen molar-refractivity contribution in [1.82, 2.24) is 4.90 Å². The molecule has 0 aliphatic carbocycles. The van der Waals surface area contributed by atoms with Gasteiger partial charge in [-0.2, -0.15) is 0 Å². The number of aliphatic hydroxyl groups excluding tert-OH is 1. The lowest BCUT2D eigenvalue weighted by atomic mass is 10.0. The normalized spacial score (nSPS) is 21.4. The maximum atomic E-state index is 12.8. The average Bonchev–Trinajstić information content (AvgIpc) is 2.82. The molecular weight excluding hydrogens is 426 g/mol. The zero-order valence-electron chi connectivity index (χ0n) is 21.4. The molecule has 32 heavy (non-hydrogen) atoms. The maximum absolute atomic E-state index is 12.8. The van der Waals surface area contributed by atoms with Gasteiger partial charge in [0.25, 0.3) is 0 Å². The lowest BCUT2D eigenvalue weighted by molar-refractivity contribution is -0.00428. The minimum atomic E-state index is -3.59. The summed E-state index contributed by atoms with van der Waals surface area (Å²) in [5, 5.41) is 10.7. The zero-order valence-corrected chi connectivity index (χ0v) is 22.2. The summed E-state index contributed by atoms with van der Waals surface area (Å²) in [4.78, 5) is 12.5. The van der Waals surface area contributed by atoms with E-state index in [4.69, 9.17) is 4.74 Å². The summed E-state index contributed by atoms with van der Waals surface area (Å²) < 4.78 is 30.8. The number of hydrogen-bond acceptors (Lipinski definition) is 5. The van der Waals surface area contributed by atoms with Crippen molar-refractivity contribution in [3.8, 4) is 0 Å². The summed E-state index contributed by atoms with van der Waals surface area (Å²) in [6.45, 7) is 12.7. The standard InChI is InChI=1S/C25H47NO5S/c1-20(2)17-15-13-11-9-8-10-12-14-16-18-22(27)21-19-32(29,30)25(6,7)26(21)23(28)31-24(3,4)5/h16,18,20-22,27H,8-15,17,19H2,1-7H3/b18-16+/t21-,22+/m0/s1. The van der Waals surface area contributed by atoms with Gasteiger partial charge in [0, 0.05) is 0 Å². The van der Waals surface area contributed by atoms with Crippen molar-refractivity contribution in [3.63, 3.8) is 0 Å². The summed E-state index contributed by atoms with van der Waals surface area (Å²) >= 11 is 0. The molecular formula is C25H47NO5S. The molecule has 1 fully saturated rings. The smallest absolute Gasteiger partial charge is 0.411 e. The van der Waals surface area contributed by atoms with Crippen LogP contribution < -0.4 is 0 Å². The Morgan fingerprint density at radius 3 is 2.16 bits per heavy atom. The van der Waals surface area contributed by atoms with Gasteiger partial charge in [-0.3, -0.25) is 4.90 Å². The molecule has 1 saturated heterocycles. The Bertz CT molecular complexity index is 706. The number of aliphatic hydroxyl groups is 1. The van der Waals surface area contributed by atoms with E-state index in [1.807, 2.05) is 6.08 Å². The number of carbonyl (C=O) groups excluding carboxylic acids is 1. The van der Waals surface area contributed by atoms with Gasteiger partial charge in [-0.05, 0) is 53.4 Å². The predicted molar refractivity (Wildman–Crippen MR) is 131 cm³/mol. The van der Waals surface area contributed by atoms with E-state index in [1.165, 1.54) is 57.3 Å². The number of allylic oxidation sites excluding steroid dienone is 1. The molecule has 2 atom stereocenters. The Kier molecular flexibility index (Phi) is 11.2. The van der Waals surface area contributed by atoms with Crippen molar-refractivity contribution >= 4 is 15.9 Å². The van der Waals surface area contributed by atoms with Gasteiger partial charge >= 0.3 is 6.09 Å². The van der Waals surface area contributed by atoms with Crippen LogP contribution in [0, 0.1) is 5.92 Å². The van der Waals surface area contributed by atoms with Gasteiger partial charge in [-0.25, -0.2) is 13.2 Å². The maximum Gasteiger partial charge on any atom is 0.411 e. The molecule has 6 nitrogen and oxygen atoms in total. The van der Waals surface area contributed by atoms with Crippen molar-refractivity contribution in [1.29, 1.82) is 0 Å². The Hall–Kier alpha value is -1.08. The van der Waals surface area contributed by atoms with Gasteiger partial charge in [0.15, 0.2) is 9.84 Å². The highest BCUT2D eigenvalue weighted by molar-refractivity contribution is 7.93. The van der Waals surface area contributed by atoms with Gasteiger partial charge < -0.3 is 9.84 Å². The molecule has 1 aliphatic rings. The minimum absolute atomic E-state index is 0.276. The van der Waals surface area contributed by atoms with Crippen molar-refractivity contribution in [2.75, 3.05) is 5.75 Å². The van der Waals surface area contributed by atoms with E-state index in [-0.39, 0.29) is 5.75 Å². The fourth-order valence-electron chi connectivity index (χ4n) is 4.03. The molecule has 0 aromatic rings. The van der Waals surface area contributed by atoms with E-state index in [9.17, 15) is 18.3 Å². The summed E-state index contributed by atoms with van der Waals surface area (Å²) in [7, 11) is -3.59. The molecule has 1 rings (SSSR count). The molecule has 0 bridgehead atoms. The monoisotopic (exact) mass is 473 g/mol. The van der Waals surface area contributed by atoms with Gasteiger partial charge in [-0.15, -0.1) is 0 Å². The average molecular weight is 474 g/mol. The van der Waals surface area contributed by atoms with Crippen LogP contribution in [0.25, 0.3) is 0 Å². The summed E-state index contributed by atoms with van der Waals surface area (Å²) in [6.07, 6.45) is 12.5. The van der Waals surface area contributed by atoms with Crippen LogP contribution in [-0.4, -0.2) is 52.9 Å². The molecule has 1 N–H and O–H groups in total. The highest BCUT2D eigenvalue weighted by Crippen LogP contribution is 2.36. The summed E-state index contributed by atoms with van der Waals surface area (Å²) in [5.74, 6) is 0.519. The van der Waals surface area contributed by atoms with E-state index < -0.39 is 38.5 Å². The van der Waals surface area contributed by atoms with Crippen LogP contribution in [0.1, 0.15) is 106 Å². The number of hydrogen-bond donors (Lipinski definition) is 1. The summed E-state index contributed by atoms with van der Waals surface area (Å²) in [5.41, 5.74) is -0.751. The van der Waals surface area contributed by atoms with Crippen LogP contribution in [0.5, 0.6) is 0 Å². The van der Waals surface area contributed by atoms with Crippen LogP contribution in [-0.2, 0) is 14.6 Å². The van der Waals surface area contributed by atoms with Crippen LogP contribution in [0.2, 0.25) is 0 Å². The number of sulfone groups is 1. The lowest BCUT2D eigenvalue weighted by Crippen LogP contribution is -2.53. The van der Waals surface area contributed by atoms with Crippen molar-refractivity contribution in [2.24, 2.45) is 5.92 Å². The van der Waals surface area contributed by atoms with E-state index in [0.29, 0.717) is 0 Å². The zero-order chi connectivity index (χ0) is 24.6. The SMILES string of the molecule is CC(C)CCCCCCCCC/C=C/[C@@H](O)[C@@H]1CS(=O)(=O)C(C)(C)N1C(=O)OC(C)(C)C. The van der Waals surface area contributed by atoms with Crippen molar-refractivity contribution < 1.29 is 23.1 Å². The Labute approximate surface area is 196 Å². The first-order valence-electron chi connectivity index (χ1n) is 12.3. The van der Waals surface area contributed by atoms with E-state index >= 15 is 0 Å². The van der Waals surface area contributed by atoms with E-state index in [1.54, 1.807) is 26.8 Å². The molecule has 0 radical (unpaired) electrons. The highest BCUT2D eigenvalue weighted by Gasteiger charge is 2.56. The van der Waals surface area contributed by atoms with Gasteiger partial charge in [0.2, 0.25) is 0 Å². The molecule has 188 valence electrons. The van der Waals surface area contributed by atoms with Crippen LogP contribution in [0.15, 0.2) is 12.2 Å². The quantitative estimate of drug-likeness (QED) is 0.284. The second-order valence-electron chi connectivity index (χ2n) is 11.0. The molecule has 0 aromatic heterocycles. The molecule has 1 heterocycles. The van der Waals surface area contributed by atoms with E-state index in [0.717, 1.165) is 25.2 Å². The molecule has 0 aromatic carbocycles. The third-order valence-electron chi connectivity index (χ3n) is 6.03. The first-order chi connectivity index (χ1) is 14.7. The molecule has 1 amide bonds. The van der Waals surface area contributed by atoms with Crippen molar-refractivity contribution in [3.05, 3.63) is 12.2 Å². The highest BCUT2D eigenvalue weighted by atomic mass is 32.2. The predicted octanol–water partition coefficient (Wildman–Crippen LogP) is 5.84. The van der Waals surface area contributed by atoms with Gasteiger partial charge in [-0.1, -0.05) is 70.9 Å². The fraction of sp³-hybridized carbons (Fsp3) is 0.880. The number of amides is 1. The van der Waals surface area contributed by atoms with Crippen LogP contribution in [0.3, 0.4) is 0 Å². The van der Waals surface area contributed by atoms with E-state index in [2.05, 4.69) is 13.8 Å².